The number of nitrogens with zero attached hydrogens (tertiary/aromatic N) is 2. The first-order valence-electron chi connectivity index (χ1n) is 12.5. The Kier molecular flexibility index (Phi) is 8.32. The lowest BCUT2D eigenvalue weighted by molar-refractivity contribution is -0.139. The minimum Gasteiger partial charge on any atom is -0.493 e. The van der Waals surface area contributed by atoms with Gasteiger partial charge in [-0.3, -0.25) is 9.36 Å². The number of hydrogen-bond acceptors (Lipinski definition) is 7. The van der Waals surface area contributed by atoms with E-state index in [1.165, 1.54) is 16.9 Å². The second kappa shape index (κ2) is 11.6. The van der Waals surface area contributed by atoms with Gasteiger partial charge in [0.1, 0.15) is 6.61 Å². The predicted octanol–water partition coefficient (Wildman–Crippen LogP) is 4.50. The number of esters is 1. The first-order chi connectivity index (χ1) is 18.3. The molecule has 198 valence electrons. The number of fused-ring (bicyclic) bond motifs is 1. The number of thiazole rings is 1. The summed E-state index contributed by atoms with van der Waals surface area (Å²) in [6.45, 7) is 12.0. The molecule has 3 aromatic rings. The third-order valence-corrected chi connectivity index (χ3v) is 7.28. The van der Waals surface area contributed by atoms with Crippen LogP contribution in [0.15, 0.2) is 76.2 Å². The van der Waals surface area contributed by atoms with Gasteiger partial charge in [0.2, 0.25) is 0 Å². The van der Waals surface area contributed by atoms with Crippen molar-refractivity contribution in [3.8, 4) is 11.5 Å². The summed E-state index contributed by atoms with van der Waals surface area (Å²) in [6.07, 6.45) is 3.42. The molecule has 1 atom stereocenters. The molecule has 8 heteroatoms. The summed E-state index contributed by atoms with van der Waals surface area (Å²) in [5.74, 6) is 0.948. The summed E-state index contributed by atoms with van der Waals surface area (Å²) in [5, 5.41) is 0. The van der Waals surface area contributed by atoms with Crippen molar-refractivity contribution in [2.45, 2.75) is 39.7 Å². The number of rotatable bonds is 9. The fraction of sp³-hybridized carbons (Fsp3) is 0.300. The zero-order valence-electron chi connectivity index (χ0n) is 22.3. The molecule has 0 amide bonds. The highest BCUT2D eigenvalue weighted by molar-refractivity contribution is 7.07. The highest BCUT2D eigenvalue weighted by Crippen LogP contribution is 2.33. The Morgan fingerprint density at radius 1 is 1.21 bits per heavy atom. The maximum Gasteiger partial charge on any atom is 0.338 e. The van der Waals surface area contributed by atoms with Crippen molar-refractivity contribution in [3.63, 3.8) is 0 Å². The number of para-hydroxylation sites is 1. The largest absolute Gasteiger partial charge is 0.493 e. The summed E-state index contributed by atoms with van der Waals surface area (Å²) >= 11 is 1.27. The van der Waals surface area contributed by atoms with Gasteiger partial charge >= 0.3 is 5.97 Å². The van der Waals surface area contributed by atoms with E-state index in [0.717, 1.165) is 5.56 Å². The third kappa shape index (κ3) is 5.22. The zero-order chi connectivity index (χ0) is 27.4. The number of ether oxygens (including phenoxy) is 3. The lowest BCUT2D eigenvalue weighted by atomic mass is 9.93. The molecule has 1 aliphatic heterocycles. The zero-order valence-corrected chi connectivity index (χ0v) is 23.1. The third-order valence-electron chi connectivity index (χ3n) is 6.30. The Bertz CT molecular complexity index is 1560. The Hall–Kier alpha value is -3.91. The summed E-state index contributed by atoms with van der Waals surface area (Å²) < 4.78 is 18.8. The molecule has 0 radical (unpaired) electrons. The van der Waals surface area contributed by atoms with Crippen LogP contribution in [0.3, 0.4) is 0 Å². The molecule has 1 unspecified atom stereocenters. The van der Waals surface area contributed by atoms with Crippen LogP contribution < -0.4 is 24.4 Å². The van der Waals surface area contributed by atoms with Gasteiger partial charge in [-0.2, -0.15) is 0 Å². The number of carbonyl (C=O) groups is 1. The maximum atomic E-state index is 13.9. The molecule has 0 spiro atoms. The number of hydrogen-bond donors (Lipinski definition) is 0. The SMILES string of the molecule is C=CCOc1c(C=c2sc3n(c2=O)C(c2ccc(C(C)C)cc2)C(C(=O)OCC)=C(C)N=3)cccc1OC. The Morgan fingerprint density at radius 2 is 1.95 bits per heavy atom. The van der Waals surface area contributed by atoms with Gasteiger partial charge < -0.3 is 14.2 Å². The fourth-order valence-electron chi connectivity index (χ4n) is 4.42. The normalized spacial score (nSPS) is 15.2. The molecule has 0 saturated heterocycles. The van der Waals surface area contributed by atoms with E-state index in [0.29, 0.717) is 43.6 Å². The van der Waals surface area contributed by atoms with Crippen molar-refractivity contribution >= 4 is 23.4 Å². The van der Waals surface area contributed by atoms with Gasteiger partial charge in [0, 0.05) is 5.56 Å². The fourth-order valence-corrected chi connectivity index (χ4v) is 5.45. The van der Waals surface area contributed by atoms with E-state index in [2.05, 4.69) is 25.4 Å². The topological polar surface area (TPSA) is 79.1 Å². The lowest BCUT2D eigenvalue weighted by Crippen LogP contribution is -2.39. The standard InChI is InChI=1S/C30H32N2O5S/c1-7-16-37-27-22(10-9-11-23(27)35-6)17-24-28(33)32-26(21-14-12-20(13-15-21)18(3)4)25(29(34)36-8-2)19(5)31-30(32)38-24/h7,9-15,17-18,26H,1,8,16H2,2-6H3. The first-order valence-corrected chi connectivity index (χ1v) is 13.3. The van der Waals surface area contributed by atoms with Crippen molar-refractivity contribution in [1.29, 1.82) is 0 Å². The van der Waals surface area contributed by atoms with Crippen LogP contribution in [0.2, 0.25) is 0 Å². The predicted molar refractivity (Wildman–Crippen MR) is 150 cm³/mol. The maximum absolute atomic E-state index is 13.9. The van der Waals surface area contributed by atoms with Crippen molar-refractivity contribution in [3.05, 3.63) is 103 Å². The number of allylic oxidation sites excluding steroid dienone is 1. The molecule has 1 aromatic heterocycles. The highest BCUT2D eigenvalue weighted by atomic mass is 32.1. The molecule has 1 aliphatic rings. The van der Waals surface area contributed by atoms with Crippen LogP contribution in [0.25, 0.3) is 6.08 Å². The number of methoxy groups -OCH3 is 1. The van der Waals surface area contributed by atoms with Crippen molar-refractivity contribution in [2.75, 3.05) is 20.3 Å². The van der Waals surface area contributed by atoms with Crippen LogP contribution in [0, 0.1) is 0 Å². The average Bonchev–Trinajstić information content (AvgIpc) is 3.21. The Labute approximate surface area is 226 Å². The monoisotopic (exact) mass is 532 g/mol. The van der Waals surface area contributed by atoms with E-state index < -0.39 is 12.0 Å². The highest BCUT2D eigenvalue weighted by Gasteiger charge is 2.33. The van der Waals surface area contributed by atoms with Gasteiger partial charge in [0.15, 0.2) is 16.3 Å². The van der Waals surface area contributed by atoms with E-state index in [-0.39, 0.29) is 18.8 Å². The van der Waals surface area contributed by atoms with Crippen LogP contribution in [-0.4, -0.2) is 30.9 Å². The Morgan fingerprint density at radius 3 is 2.58 bits per heavy atom. The summed E-state index contributed by atoms with van der Waals surface area (Å²) in [7, 11) is 1.57. The van der Waals surface area contributed by atoms with Crippen LogP contribution in [0.1, 0.15) is 56.3 Å². The number of benzene rings is 2. The summed E-state index contributed by atoms with van der Waals surface area (Å²) in [5.41, 5.74) is 3.32. The lowest BCUT2D eigenvalue weighted by Gasteiger charge is -2.25. The van der Waals surface area contributed by atoms with Crippen LogP contribution in [-0.2, 0) is 9.53 Å². The molecule has 0 aliphatic carbocycles. The summed E-state index contributed by atoms with van der Waals surface area (Å²) in [4.78, 5) is 32.2. The molecule has 38 heavy (non-hydrogen) atoms. The molecule has 2 heterocycles. The van der Waals surface area contributed by atoms with Gasteiger partial charge in [-0.15, -0.1) is 0 Å². The number of aromatic nitrogens is 1. The molecule has 0 saturated carbocycles. The second-order valence-electron chi connectivity index (χ2n) is 9.10. The Balaban J connectivity index is 1.93. The molecular weight excluding hydrogens is 500 g/mol. The minimum absolute atomic E-state index is 0.225. The molecule has 2 aromatic carbocycles. The molecule has 0 bridgehead atoms. The van der Waals surface area contributed by atoms with Crippen molar-refractivity contribution < 1.29 is 19.0 Å². The first kappa shape index (κ1) is 27.1. The van der Waals surface area contributed by atoms with E-state index in [9.17, 15) is 9.59 Å². The molecular formula is C30H32N2O5S. The van der Waals surface area contributed by atoms with Crippen LogP contribution >= 0.6 is 11.3 Å². The molecule has 7 nitrogen and oxygen atoms in total. The molecule has 4 rings (SSSR count). The summed E-state index contributed by atoms with van der Waals surface area (Å²) in [6, 6.07) is 12.8. The molecule has 0 N–H and O–H groups in total. The van der Waals surface area contributed by atoms with Gasteiger partial charge in [-0.05, 0) is 43.0 Å². The van der Waals surface area contributed by atoms with Crippen LogP contribution in [0.5, 0.6) is 11.5 Å². The van der Waals surface area contributed by atoms with Crippen LogP contribution in [0.4, 0.5) is 0 Å². The molecule has 0 fully saturated rings. The van der Waals surface area contributed by atoms with Crippen molar-refractivity contribution in [2.24, 2.45) is 4.99 Å². The number of carbonyl (C=O) groups excluding carboxylic acids is 1. The van der Waals surface area contributed by atoms with Crippen molar-refractivity contribution in [1.82, 2.24) is 4.57 Å². The van der Waals surface area contributed by atoms with Gasteiger partial charge in [-0.25, -0.2) is 9.79 Å². The van der Waals surface area contributed by atoms with E-state index >= 15 is 0 Å². The smallest absolute Gasteiger partial charge is 0.338 e. The van der Waals surface area contributed by atoms with Gasteiger partial charge in [0.25, 0.3) is 5.56 Å². The van der Waals surface area contributed by atoms with Gasteiger partial charge in [-0.1, -0.05) is 74.2 Å². The average molecular weight is 533 g/mol. The van der Waals surface area contributed by atoms with E-state index in [4.69, 9.17) is 14.2 Å². The quantitative estimate of drug-likeness (QED) is 0.300. The minimum atomic E-state index is -0.657. The second-order valence-corrected chi connectivity index (χ2v) is 10.1. The van der Waals surface area contributed by atoms with E-state index in [1.54, 1.807) is 43.7 Å². The van der Waals surface area contributed by atoms with E-state index in [1.807, 2.05) is 36.4 Å². The van der Waals surface area contributed by atoms with Gasteiger partial charge in [0.05, 0.1) is 35.6 Å².